The number of ether oxygens (including phenoxy) is 1. The molecule has 130 valence electrons. The van der Waals surface area contributed by atoms with Crippen molar-refractivity contribution in [2.45, 2.75) is 97.5 Å². The van der Waals surface area contributed by atoms with Crippen molar-refractivity contribution >= 4 is 5.97 Å². The fourth-order valence-corrected chi connectivity index (χ4v) is 2.34. The Hall–Kier alpha value is -0.830. The van der Waals surface area contributed by atoms with Gasteiger partial charge in [-0.1, -0.05) is 70.8 Å². The Morgan fingerprint density at radius 3 is 2.00 bits per heavy atom. The Morgan fingerprint density at radius 1 is 1.00 bits per heavy atom. The predicted molar refractivity (Wildman–Crippen MR) is 92.9 cm³/mol. The summed E-state index contributed by atoms with van der Waals surface area (Å²) in [7, 11) is 0. The number of carbonyl (C=O) groups is 1. The summed E-state index contributed by atoms with van der Waals surface area (Å²) in [6.45, 7) is 5.71. The van der Waals surface area contributed by atoms with Crippen LogP contribution in [0.2, 0.25) is 0 Å². The number of rotatable bonds is 14. The molecule has 1 atom stereocenters. The molecule has 0 fully saturated rings. The standard InChI is InChI=1S/C19H36O3/c1-4-5-6-7-8-9-10-11-12-13-14-15-17(2)19(21)22-16-18(3)20/h15,18,20H,4-14,16H2,1-3H3. The van der Waals surface area contributed by atoms with Gasteiger partial charge in [0.1, 0.15) is 6.61 Å². The highest BCUT2D eigenvalue weighted by atomic mass is 16.5. The van der Waals surface area contributed by atoms with Crippen LogP contribution >= 0.6 is 0 Å². The molecule has 0 aliphatic heterocycles. The fraction of sp³-hybridized carbons (Fsp3) is 0.842. The van der Waals surface area contributed by atoms with Gasteiger partial charge in [0.2, 0.25) is 0 Å². The lowest BCUT2D eigenvalue weighted by Gasteiger charge is -2.06. The van der Waals surface area contributed by atoms with Gasteiger partial charge in [0.05, 0.1) is 6.10 Å². The SMILES string of the molecule is CCCCCCCCCCCCC=C(C)C(=O)OCC(C)O. The summed E-state index contributed by atoms with van der Waals surface area (Å²) in [5.41, 5.74) is 0.650. The molecule has 0 aliphatic carbocycles. The Labute approximate surface area is 137 Å². The van der Waals surface area contributed by atoms with Crippen LogP contribution in [0.15, 0.2) is 11.6 Å². The third-order valence-corrected chi connectivity index (χ3v) is 3.79. The van der Waals surface area contributed by atoms with Crippen LogP contribution in [0.4, 0.5) is 0 Å². The summed E-state index contributed by atoms with van der Waals surface area (Å²) in [5, 5.41) is 9.06. The van der Waals surface area contributed by atoms with Gasteiger partial charge < -0.3 is 9.84 Å². The summed E-state index contributed by atoms with van der Waals surface area (Å²) in [4.78, 5) is 11.6. The van der Waals surface area contributed by atoms with Crippen molar-refractivity contribution in [2.24, 2.45) is 0 Å². The van der Waals surface area contributed by atoms with Gasteiger partial charge in [-0.05, 0) is 26.7 Å². The van der Waals surface area contributed by atoms with Crippen LogP contribution in [-0.4, -0.2) is 23.8 Å². The second-order valence-electron chi connectivity index (χ2n) is 6.31. The monoisotopic (exact) mass is 312 g/mol. The van der Waals surface area contributed by atoms with E-state index in [-0.39, 0.29) is 12.6 Å². The number of hydrogen-bond donors (Lipinski definition) is 1. The Morgan fingerprint density at radius 2 is 1.50 bits per heavy atom. The first-order valence-electron chi connectivity index (χ1n) is 9.09. The van der Waals surface area contributed by atoms with Crippen LogP contribution in [0.25, 0.3) is 0 Å². The number of carbonyl (C=O) groups excluding carboxylic acids is 1. The van der Waals surface area contributed by atoms with E-state index in [1.807, 2.05) is 6.08 Å². The van der Waals surface area contributed by atoms with Gasteiger partial charge in [0.25, 0.3) is 0 Å². The molecular formula is C19H36O3. The molecule has 0 heterocycles. The molecule has 0 aromatic rings. The van der Waals surface area contributed by atoms with Crippen molar-refractivity contribution in [3.8, 4) is 0 Å². The van der Waals surface area contributed by atoms with E-state index in [1.54, 1.807) is 13.8 Å². The second kappa shape index (κ2) is 15.1. The van der Waals surface area contributed by atoms with Crippen molar-refractivity contribution in [1.82, 2.24) is 0 Å². The van der Waals surface area contributed by atoms with Crippen molar-refractivity contribution in [3.05, 3.63) is 11.6 Å². The quantitative estimate of drug-likeness (QED) is 0.273. The molecule has 1 N–H and O–H groups in total. The van der Waals surface area contributed by atoms with E-state index in [0.29, 0.717) is 5.57 Å². The van der Waals surface area contributed by atoms with Crippen molar-refractivity contribution in [2.75, 3.05) is 6.61 Å². The minimum Gasteiger partial charge on any atom is -0.460 e. The molecule has 0 amide bonds. The van der Waals surface area contributed by atoms with Gasteiger partial charge in [0.15, 0.2) is 0 Å². The molecule has 0 bridgehead atoms. The first-order valence-corrected chi connectivity index (χ1v) is 9.09. The molecular weight excluding hydrogens is 276 g/mol. The number of unbranched alkanes of at least 4 members (excludes halogenated alkanes) is 10. The van der Waals surface area contributed by atoms with E-state index < -0.39 is 6.10 Å². The van der Waals surface area contributed by atoms with Gasteiger partial charge in [0, 0.05) is 5.57 Å². The molecule has 0 aliphatic rings. The maximum Gasteiger partial charge on any atom is 0.333 e. The highest BCUT2D eigenvalue weighted by Gasteiger charge is 2.06. The minimum atomic E-state index is -0.598. The highest BCUT2D eigenvalue weighted by Crippen LogP contribution is 2.12. The Bertz CT molecular complexity index is 295. The van der Waals surface area contributed by atoms with Crippen LogP contribution in [0, 0.1) is 0 Å². The fourth-order valence-electron chi connectivity index (χ4n) is 2.34. The maximum absolute atomic E-state index is 11.6. The minimum absolute atomic E-state index is 0.0717. The first kappa shape index (κ1) is 21.2. The summed E-state index contributed by atoms with van der Waals surface area (Å²) >= 11 is 0. The molecule has 1 unspecified atom stereocenters. The molecule has 0 radical (unpaired) electrons. The largest absolute Gasteiger partial charge is 0.460 e. The van der Waals surface area contributed by atoms with E-state index in [9.17, 15) is 4.79 Å². The van der Waals surface area contributed by atoms with Crippen molar-refractivity contribution in [1.29, 1.82) is 0 Å². The maximum atomic E-state index is 11.6. The average Bonchev–Trinajstić information content (AvgIpc) is 2.49. The Kier molecular flexibility index (Phi) is 14.5. The van der Waals surface area contributed by atoms with E-state index >= 15 is 0 Å². The smallest absolute Gasteiger partial charge is 0.333 e. The van der Waals surface area contributed by atoms with E-state index in [1.165, 1.54) is 57.8 Å². The number of esters is 1. The predicted octanol–water partition coefficient (Wildman–Crippen LogP) is 5.17. The average molecular weight is 312 g/mol. The number of aliphatic hydroxyl groups is 1. The van der Waals surface area contributed by atoms with Crippen molar-refractivity contribution < 1.29 is 14.6 Å². The summed E-state index contributed by atoms with van der Waals surface area (Å²) in [5.74, 6) is -0.312. The molecule has 0 saturated heterocycles. The lowest BCUT2D eigenvalue weighted by Crippen LogP contribution is -2.15. The van der Waals surface area contributed by atoms with E-state index in [0.717, 1.165) is 12.8 Å². The molecule has 0 spiro atoms. The third-order valence-electron chi connectivity index (χ3n) is 3.79. The zero-order valence-electron chi connectivity index (χ0n) is 14.9. The third kappa shape index (κ3) is 14.1. The molecule has 0 saturated carbocycles. The van der Waals surface area contributed by atoms with Crippen LogP contribution in [0.5, 0.6) is 0 Å². The molecule has 3 nitrogen and oxygen atoms in total. The number of aliphatic hydroxyl groups excluding tert-OH is 1. The van der Waals surface area contributed by atoms with Crippen molar-refractivity contribution in [3.63, 3.8) is 0 Å². The van der Waals surface area contributed by atoms with Crippen LogP contribution < -0.4 is 0 Å². The highest BCUT2D eigenvalue weighted by molar-refractivity contribution is 5.87. The van der Waals surface area contributed by atoms with Crippen LogP contribution in [0.3, 0.4) is 0 Å². The van der Waals surface area contributed by atoms with Crippen LogP contribution in [-0.2, 0) is 9.53 Å². The van der Waals surface area contributed by atoms with Gasteiger partial charge in [-0.2, -0.15) is 0 Å². The number of allylic oxidation sites excluding steroid dienone is 1. The van der Waals surface area contributed by atoms with Gasteiger partial charge in [-0.25, -0.2) is 4.79 Å². The summed E-state index contributed by atoms with van der Waals surface area (Å²) < 4.78 is 4.96. The van der Waals surface area contributed by atoms with Gasteiger partial charge >= 0.3 is 5.97 Å². The summed E-state index contributed by atoms with van der Waals surface area (Å²) in [6.07, 6.45) is 15.5. The second-order valence-corrected chi connectivity index (χ2v) is 6.31. The Balaban J connectivity index is 3.43. The lowest BCUT2D eigenvalue weighted by molar-refractivity contribution is -0.141. The first-order chi connectivity index (χ1) is 10.6. The van der Waals surface area contributed by atoms with Gasteiger partial charge in [-0.3, -0.25) is 0 Å². The summed E-state index contributed by atoms with van der Waals surface area (Å²) in [6, 6.07) is 0. The zero-order valence-corrected chi connectivity index (χ0v) is 14.9. The molecule has 3 heteroatoms. The molecule has 0 rings (SSSR count). The molecule has 0 aromatic heterocycles. The molecule has 0 aromatic carbocycles. The normalized spacial score (nSPS) is 13.2. The zero-order chi connectivity index (χ0) is 16.6. The lowest BCUT2D eigenvalue weighted by atomic mass is 10.1. The number of hydrogen-bond acceptors (Lipinski definition) is 3. The van der Waals surface area contributed by atoms with E-state index in [4.69, 9.17) is 9.84 Å². The topological polar surface area (TPSA) is 46.5 Å². The van der Waals surface area contributed by atoms with Crippen LogP contribution in [0.1, 0.15) is 91.4 Å². The van der Waals surface area contributed by atoms with Gasteiger partial charge in [-0.15, -0.1) is 0 Å². The van der Waals surface area contributed by atoms with E-state index in [2.05, 4.69) is 6.92 Å². The molecule has 22 heavy (non-hydrogen) atoms.